The van der Waals surface area contributed by atoms with E-state index in [2.05, 4.69) is 0 Å². The van der Waals surface area contributed by atoms with Crippen LogP contribution >= 0.6 is 0 Å². The molecule has 0 saturated carbocycles. The molecule has 1 atom stereocenters. The molecule has 2 aromatic rings. The van der Waals surface area contributed by atoms with Crippen molar-refractivity contribution < 1.29 is 28.6 Å². The van der Waals surface area contributed by atoms with Gasteiger partial charge in [0, 0.05) is 12.0 Å². The molecule has 0 radical (unpaired) electrons. The van der Waals surface area contributed by atoms with Crippen LogP contribution in [-0.2, 0) is 30.3 Å². The number of esters is 1. The van der Waals surface area contributed by atoms with Crippen LogP contribution in [0.2, 0.25) is 0 Å². The Morgan fingerprint density at radius 3 is 2.62 bits per heavy atom. The van der Waals surface area contributed by atoms with Gasteiger partial charge in [-0.25, -0.2) is 0 Å². The standard InChI is InChI=1S/C22H23NO6/c1-3-27-21(26)18(22(2)28-10-11-29-22)12-19(24)23-13-17-15-7-5-4-6-14(15)8-9-16(17)20(23)25/h4-9,18H,3,10-13H2,1-2H3. The smallest absolute Gasteiger partial charge is 0.314 e. The molecule has 2 heterocycles. The third-order valence-electron chi connectivity index (χ3n) is 5.58. The molecule has 2 amide bonds. The molecule has 2 aliphatic rings. The highest BCUT2D eigenvalue weighted by atomic mass is 16.7. The van der Waals surface area contributed by atoms with Crippen molar-refractivity contribution in [2.75, 3.05) is 19.8 Å². The van der Waals surface area contributed by atoms with Crippen LogP contribution < -0.4 is 0 Å². The molecule has 0 bridgehead atoms. The number of nitrogens with zero attached hydrogens (tertiary/aromatic N) is 1. The minimum Gasteiger partial charge on any atom is -0.466 e. The Bertz CT molecular complexity index is 978. The summed E-state index contributed by atoms with van der Waals surface area (Å²) >= 11 is 0. The predicted molar refractivity (Wildman–Crippen MR) is 104 cm³/mol. The lowest BCUT2D eigenvalue weighted by molar-refractivity contribution is -0.202. The molecule has 0 aromatic heterocycles. The number of rotatable bonds is 5. The van der Waals surface area contributed by atoms with E-state index in [-0.39, 0.29) is 25.5 Å². The summed E-state index contributed by atoms with van der Waals surface area (Å²) < 4.78 is 16.3. The largest absolute Gasteiger partial charge is 0.466 e. The molecule has 29 heavy (non-hydrogen) atoms. The number of ether oxygens (including phenoxy) is 3. The molecule has 1 unspecified atom stereocenters. The van der Waals surface area contributed by atoms with Crippen LogP contribution in [0.15, 0.2) is 36.4 Å². The summed E-state index contributed by atoms with van der Waals surface area (Å²) in [7, 11) is 0. The minimum atomic E-state index is -1.25. The van der Waals surface area contributed by atoms with Gasteiger partial charge in [-0.1, -0.05) is 30.3 Å². The van der Waals surface area contributed by atoms with Crippen molar-refractivity contribution >= 4 is 28.6 Å². The zero-order valence-corrected chi connectivity index (χ0v) is 16.5. The monoisotopic (exact) mass is 397 g/mol. The van der Waals surface area contributed by atoms with Crippen LogP contribution in [-0.4, -0.2) is 48.3 Å². The fraction of sp³-hybridized carbons (Fsp3) is 0.409. The molecule has 0 spiro atoms. The van der Waals surface area contributed by atoms with Gasteiger partial charge in [-0.2, -0.15) is 0 Å². The van der Waals surface area contributed by atoms with Gasteiger partial charge < -0.3 is 14.2 Å². The second kappa shape index (κ2) is 7.57. The molecule has 2 aromatic carbocycles. The molecule has 1 saturated heterocycles. The normalized spacial score (nSPS) is 18.7. The molecule has 0 N–H and O–H groups in total. The van der Waals surface area contributed by atoms with Crippen molar-refractivity contribution in [1.82, 2.24) is 4.90 Å². The summed E-state index contributed by atoms with van der Waals surface area (Å²) in [6.07, 6.45) is -0.229. The molecular weight excluding hydrogens is 374 g/mol. The number of benzene rings is 2. The van der Waals surface area contributed by atoms with E-state index in [1.807, 2.05) is 30.3 Å². The number of fused-ring (bicyclic) bond motifs is 3. The summed E-state index contributed by atoms with van der Waals surface area (Å²) in [5.41, 5.74) is 1.35. The van der Waals surface area contributed by atoms with Crippen LogP contribution in [0.4, 0.5) is 0 Å². The average Bonchev–Trinajstić information content (AvgIpc) is 3.30. The quantitative estimate of drug-likeness (QED) is 0.722. The third kappa shape index (κ3) is 3.41. The van der Waals surface area contributed by atoms with Gasteiger partial charge in [0.2, 0.25) is 5.91 Å². The van der Waals surface area contributed by atoms with Gasteiger partial charge in [0.25, 0.3) is 5.91 Å². The van der Waals surface area contributed by atoms with Gasteiger partial charge in [-0.3, -0.25) is 19.3 Å². The van der Waals surface area contributed by atoms with Gasteiger partial charge in [0.1, 0.15) is 5.92 Å². The Morgan fingerprint density at radius 2 is 1.90 bits per heavy atom. The van der Waals surface area contributed by atoms with Gasteiger partial charge in [-0.05, 0) is 36.2 Å². The molecular formula is C22H23NO6. The number of hydrogen-bond donors (Lipinski definition) is 0. The summed E-state index contributed by atoms with van der Waals surface area (Å²) in [6, 6.07) is 11.4. The van der Waals surface area contributed by atoms with E-state index < -0.39 is 23.6 Å². The van der Waals surface area contributed by atoms with Crippen LogP contribution in [0.25, 0.3) is 10.8 Å². The van der Waals surface area contributed by atoms with E-state index in [1.54, 1.807) is 19.9 Å². The first-order chi connectivity index (χ1) is 13.9. The van der Waals surface area contributed by atoms with Crippen LogP contribution in [0, 0.1) is 5.92 Å². The molecule has 2 aliphatic heterocycles. The Balaban J connectivity index is 1.59. The lowest BCUT2D eigenvalue weighted by Gasteiger charge is -2.30. The Labute approximate surface area is 168 Å². The van der Waals surface area contributed by atoms with E-state index in [0.717, 1.165) is 16.3 Å². The number of hydrogen-bond acceptors (Lipinski definition) is 6. The van der Waals surface area contributed by atoms with Crippen LogP contribution in [0.5, 0.6) is 0 Å². The Hall–Kier alpha value is -2.77. The van der Waals surface area contributed by atoms with Crippen molar-refractivity contribution in [3.63, 3.8) is 0 Å². The van der Waals surface area contributed by atoms with Gasteiger partial charge in [-0.15, -0.1) is 0 Å². The summed E-state index contributed by atoms with van der Waals surface area (Å²) in [6.45, 7) is 4.35. The van der Waals surface area contributed by atoms with E-state index in [9.17, 15) is 14.4 Å². The molecule has 0 aliphatic carbocycles. The lowest BCUT2D eigenvalue weighted by atomic mass is 9.95. The predicted octanol–water partition coefficient (Wildman–Crippen LogP) is 2.65. The zero-order valence-electron chi connectivity index (χ0n) is 16.5. The van der Waals surface area contributed by atoms with E-state index in [1.165, 1.54) is 4.90 Å². The molecule has 152 valence electrons. The Kier molecular flexibility index (Phi) is 5.10. The lowest BCUT2D eigenvalue weighted by Crippen LogP contribution is -2.45. The van der Waals surface area contributed by atoms with Crippen molar-refractivity contribution in [1.29, 1.82) is 0 Å². The number of carbonyl (C=O) groups is 3. The molecule has 7 nitrogen and oxygen atoms in total. The van der Waals surface area contributed by atoms with Crippen molar-refractivity contribution in [3.05, 3.63) is 47.5 Å². The van der Waals surface area contributed by atoms with Gasteiger partial charge >= 0.3 is 5.97 Å². The number of carbonyl (C=O) groups excluding carboxylic acids is 3. The second-order valence-electron chi connectivity index (χ2n) is 7.32. The van der Waals surface area contributed by atoms with Crippen molar-refractivity contribution in [2.45, 2.75) is 32.6 Å². The Morgan fingerprint density at radius 1 is 1.17 bits per heavy atom. The maximum absolute atomic E-state index is 13.1. The highest BCUT2D eigenvalue weighted by molar-refractivity contribution is 6.11. The highest BCUT2D eigenvalue weighted by Gasteiger charge is 2.47. The summed E-state index contributed by atoms with van der Waals surface area (Å²) in [4.78, 5) is 39.7. The summed E-state index contributed by atoms with van der Waals surface area (Å²) in [5.74, 6) is -3.57. The second-order valence-corrected chi connectivity index (χ2v) is 7.32. The van der Waals surface area contributed by atoms with Crippen LogP contribution in [0.1, 0.15) is 36.2 Å². The molecule has 1 fully saturated rings. The minimum absolute atomic E-state index is 0.180. The third-order valence-corrected chi connectivity index (χ3v) is 5.58. The van der Waals surface area contributed by atoms with Gasteiger partial charge in [0.15, 0.2) is 5.79 Å². The van der Waals surface area contributed by atoms with Crippen LogP contribution in [0.3, 0.4) is 0 Å². The molecule has 7 heteroatoms. The first-order valence-corrected chi connectivity index (χ1v) is 9.74. The van der Waals surface area contributed by atoms with Gasteiger partial charge in [0.05, 0.1) is 26.4 Å². The van der Waals surface area contributed by atoms with Crippen molar-refractivity contribution in [2.24, 2.45) is 5.92 Å². The number of imide groups is 1. The fourth-order valence-corrected chi connectivity index (χ4v) is 4.03. The molecule has 4 rings (SSSR count). The number of amides is 2. The summed E-state index contributed by atoms with van der Waals surface area (Å²) in [5, 5.41) is 1.96. The SMILES string of the molecule is CCOC(=O)C(CC(=O)N1Cc2c(ccc3ccccc23)C1=O)C1(C)OCCO1. The average molecular weight is 397 g/mol. The maximum Gasteiger partial charge on any atom is 0.314 e. The van der Waals surface area contributed by atoms with E-state index >= 15 is 0 Å². The van der Waals surface area contributed by atoms with Crippen molar-refractivity contribution in [3.8, 4) is 0 Å². The zero-order chi connectivity index (χ0) is 20.6. The van der Waals surface area contributed by atoms with E-state index in [4.69, 9.17) is 14.2 Å². The van der Waals surface area contributed by atoms with E-state index in [0.29, 0.717) is 18.8 Å². The first kappa shape index (κ1) is 19.5. The first-order valence-electron chi connectivity index (χ1n) is 9.74. The fourth-order valence-electron chi connectivity index (χ4n) is 4.03. The highest BCUT2D eigenvalue weighted by Crippen LogP contribution is 2.34. The topological polar surface area (TPSA) is 82.1 Å². The maximum atomic E-state index is 13.1.